The van der Waals surface area contributed by atoms with Crippen LogP contribution in [-0.4, -0.2) is 24.7 Å². The molecule has 23 heavy (non-hydrogen) atoms. The number of halogens is 2. The van der Waals surface area contributed by atoms with Gasteiger partial charge in [-0.15, -0.1) is 0 Å². The molecule has 0 unspecified atom stereocenters. The van der Waals surface area contributed by atoms with Gasteiger partial charge in [-0.05, 0) is 52.4 Å². The monoisotopic (exact) mass is 447 g/mol. The molecule has 0 spiro atoms. The van der Waals surface area contributed by atoms with E-state index in [1.807, 2.05) is 0 Å². The Balaban J connectivity index is 2.06. The van der Waals surface area contributed by atoms with Crippen molar-refractivity contribution in [3.8, 4) is 11.5 Å². The average molecular weight is 448 g/mol. The number of ether oxygens (including phenoxy) is 2. The SMILES string of the molecule is COc1cc(CO)cc(I)c1OCC(=O)Nc1ccccc1Cl. The standard InChI is InChI=1S/C16H15ClINO4/c1-22-14-7-10(8-20)6-12(18)16(14)23-9-15(21)19-13-5-3-2-4-11(13)17/h2-7,20H,8-9H2,1H3,(H,19,21). The smallest absolute Gasteiger partial charge is 0.262 e. The van der Waals surface area contributed by atoms with Crippen molar-refractivity contribution < 1.29 is 19.4 Å². The van der Waals surface area contributed by atoms with Crippen molar-refractivity contribution in [1.82, 2.24) is 0 Å². The van der Waals surface area contributed by atoms with E-state index in [-0.39, 0.29) is 19.1 Å². The molecule has 122 valence electrons. The Kier molecular flexibility index (Phi) is 6.49. The van der Waals surface area contributed by atoms with Gasteiger partial charge in [0.25, 0.3) is 5.91 Å². The maximum Gasteiger partial charge on any atom is 0.262 e. The third-order valence-corrected chi connectivity index (χ3v) is 4.10. The molecule has 0 radical (unpaired) electrons. The molecular formula is C16H15ClINO4. The van der Waals surface area contributed by atoms with Gasteiger partial charge in [-0.2, -0.15) is 0 Å². The van der Waals surface area contributed by atoms with Crippen molar-refractivity contribution in [3.05, 3.63) is 50.6 Å². The quantitative estimate of drug-likeness (QED) is 0.666. The summed E-state index contributed by atoms with van der Waals surface area (Å²) in [5, 5.41) is 12.3. The van der Waals surface area contributed by atoms with Crippen LogP contribution in [0.3, 0.4) is 0 Å². The number of carbonyl (C=O) groups is 1. The summed E-state index contributed by atoms with van der Waals surface area (Å²) in [6, 6.07) is 10.4. The number of rotatable bonds is 6. The highest BCUT2D eigenvalue weighted by molar-refractivity contribution is 14.1. The van der Waals surface area contributed by atoms with Gasteiger partial charge in [0.2, 0.25) is 0 Å². The van der Waals surface area contributed by atoms with E-state index >= 15 is 0 Å². The minimum Gasteiger partial charge on any atom is -0.493 e. The summed E-state index contributed by atoms with van der Waals surface area (Å²) in [6.45, 7) is -0.282. The van der Waals surface area contributed by atoms with E-state index < -0.39 is 0 Å². The lowest BCUT2D eigenvalue weighted by Gasteiger charge is -2.14. The molecule has 1 amide bonds. The van der Waals surface area contributed by atoms with E-state index in [4.69, 9.17) is 21.1 Å². The molecule has 0 heterocycles. The molecule has 0 fully saturated rings. The van der Waals surface area contributed by atoms with E-state index in [0.717, 1.165) is 3.57 Å². The number of benzene rings is 2. The van der Waals surface area contributed by atoms with Crippen molar-refractivity contribution >= 4 is 45.8 Å². The molecule has 0 aromatic heterocycles. The number of anilines is 1. The maximum absolute atomic E-state index is 12.0. The molecule has 0 atom stereocenters. The first-order valence-corrected chi connectivity index (χ1v) is 8.15. The highest BCUT2D eigenvalue weighted by Gasteiger charge is 2.14. The topological polar surface area (TPSA) is 67.8 Å². The Labute approximate surface area is 152 Å². The molecule has 0 saturated heterocycles. The zero-order valence-corrected chi connectivity index (χ0v) is 15.2. The van der Waals surface area contributed by atoms with Crippen LogP contribution in [0.15, 0.2) is 36.4 Å². The molecular weight excluding hydrogens is 433 g/mol. The summed E-state index contributed by atoms with van der Waals surface area (Å²) < 4.78 is 11.6. The fourth-order valence-corrected chi connectivity index (χ4v) is 2.90. The first kappa shape index (κ1) is 17.8. The van der Waals surface area contributed by atoms with Crippen molar-refractivity contribution in [2.24, 2.45) is 0 Å². The van der Waals surface area contributed by atoms with Gasteiger partial charge in [0.15, 0.2) is 18.1 Å². The van der Waals surface area contributed by atoms with Crippen LogP contribution in [0.2, 0.25) is 5.02 Å². The van der Waals surface area contributed by atoms with Crippen LogP contribution in [0.5, 0.6) is 11.5 Å². The minimum absolute atomic E-state index is 0.0976. The number of aliphatic hydroxyl groups is 1. The lowest BCUT2D eigenvalue weighted by Crippen LogP contribution is -2.20. The normalized spacial score (nSPS) is 10.3. The highest BCUT2D eigenvalue weighted by Crippen LogP contribution is 2.34. The van der Waals surface area contributed by atoms with E-state index in [2.05, 4.69) is 27.9 Å². The van der Waals surface area contributed by atoms with Gasteiger partial charge in [-0.3, -0.25) is 4.79 Å². The van der Waals surface area contributed by atoms with Crippen molar-refractivity contribution in [1.29, 1.82) is 0 Å². The molecule has 7 heteroatoms. The number of para-hydroxylation sites is 1. The van der Waals surface area contributed by atoms with Crippen LogP contribution < -0.4 is 14.8 Å². The van der Waals surface area contributed by atoms with Crippen LogP contribution in [0.1, 0.15) is 5.56 Å². The van der Waals surface area contributed by atoms with Crippen LogP contribution >= 0.6 is 34.2 Å². The number of aliphatic hydroxyl groups excluding tert-OH is 1. The highest BCUT2D eigenvalue weighted by atomic mass is 127. The largest absolute Gasteiger partial charge is 0.493 e. The zero-order valence-electron chi connectivity index (χ0n) is 12.3. The van der Waals surface area contributed by atoms with Crippen LogP contribution in [-0.2, 0) is 11.4 Å². The summed E-state index contributed by atoms with van der Waals surface area (Å²) >= 11 is 8.06. The van der Waals surface area contributed by atoms with Crippen molar-refractivity contribution in [2.75, 3.05) is 19.0 Å². The van der Waals surface area contributed by atoms with Crippen LogP contribution in [0.25, 0.3) is 0 Å². The van der Waals surface area contributed by atoms with Gasteiger partial charge in [-0.1, -0.05) is 23.7 Å². The lowest BCUT2D eigenvalue weighted by molar-refractivity contribution is -0.118. The number of amides is 1. The van der Waals surface area contributed by atoms with E-state index in [9.17, 15) is 9.90 Å². The van der Waals surface area contributed by atoms with Gasteiger partial charge in [0.05, 0.1) is 28.0 Å². The number of hydrogen-bond acceptors (Lipinski definition) is 4. The Hall–Kier alpha value is -1.51. The zero-order chi connectivity index (χ0) is 16.8. The van der Waals surface area contributed by atoms with Gasteiger partial charge in [-0.25, -0.2) is 0 Å². The van der Waals surface area contributed by atoms with Crippen molar-refractivity contribution in [2.45, 2.75) is 6.61 Å². The average Bonchev–Trinajstić information content (AvgIpc) is 2.55. The maximum atomic E-state index is 12.0. The second-order valence-corrected chi connectivity index (χ2v) is 6.15. The van der Waals surface area contributed by atoms with Gasteiger partial charge < -0.3 is 19.9 Å². The number of carbonyl (C=O) groups excluding carboxylic acids is 1. The summed E-state index contributed by atoms with van der Waals surface area (Å²) in [5.41, 5.74) is 1.24. The summed E-state index contributed by atoms with van der Waals surface area (Å²) in [4.78, 5) is 12.0. The summed E-state index contributed by atoms with van der Waals surface area (Å²) in [5.74, 6) is 0.591. The first-order valence-electron chi connectivity index (χ1n) is 6.69. The predicted molar refractivity (Wildman–Crippen MR) is 97.2 cm³/mol. The van der Waals surface area contributed by atoms with Crippen molar-refractivity contribution in [3.63, 3.8) is 0 Å². The second kappa shape index (κ2) is 8.37. The number of nitrogens with one attached hydrogen (secondary N) is 1. The Morgan fingerprint density at radius 1 is 1.35 bits per heavy atom. The molecule has 2 aromatic rings. The van der Waals surface area contributed by atoms with Gasteiger partial charge in [0, 0.05) is 0 Å². The van der Waals surface area contributed by atoms with Gasteiger partial charge in [0.1, 0.15) is 0 Å². The molecule has 2 N–H and O–H groups in total. The Morgan fingerprint density at radius 2 is 2.09 bits per heavy atom. The Morgan fingerprint density at radius 3 is 2.74 bits per heavy atom. The van der Waals surface area contributed by atoms with E-state index in [1.54, 1.807) is 36.4 Å². The number of hydrogen-bond donors (Lipinski definition) is 2. The fourth-order valence-electron chi connectivity index (χ4n) is 1.89. The summed E-state index contributed by atoms with van der Waals surface area (Å²) in [7, 11) is 1.50. The van der Waals surface area contributed by atoms with Crippen LogP contribution in [0, 0.1) is 3.57 Å². The number of methoxy groups -OCH3 is 1. The fraction of sp³-hybridized carbons (Fsp3) is 0.188. The Bertz CT molecular complexity index is 708. The molecule has 0 bridgehead atoms. The minimum atomic E-state index is -0.331. The molecule has 0 aliphatic heterocycles. The summed E-state index contributed by atoms with van der Waals surface area (Å²) in [6.07, 6.45) is 0. The third kappa shape index (κ3) is 4.73. The van der Waals surface area contributed by atoms with E-state index in [0.29, 0.717) is 27.8 Å². The third-order valence-electron chi connectivity index (χ3n) is 2.97. The molecule has 2 aromatic carbocycles. The lowest BCUT2D eigenvalue weighted by atomic mass is 10.2. The molecule has 0 saturated carbocycles. The van der Waals surface area contributed by atoms with Gasteiger partial charge >= 0.3 is 0 Å². The van der Waals surface area contributed by atoms with E-state index in [1.165, 1.54) is 7.11 Å². The second-order valence-electron chi connectivity index (χ2n) is 4.58. The molecule has 0 aliphatic rings. The first-order chi connectivity index (χ1) is 11.0. The van der Waals surface area contributed by atoms with Crippen LogP contribution in [0.4, 0.5) is 5.69 Å². The molecule has 5 nitrogen and oxygen atoms in total. The predicted octanol–water partition coefficient (Wildman–Crippen LogP) is 3.46. The molecule has 2 rings (SSSR count). The molecule has 0 aliphatic carbocycles.